The smallest absolute Gasteiger partial charge is 0.338 e. The number of hydrogen-bond donors (Lipinski definition) is 0. The summed E-state index contributed by atoms with van der Waals surface area (Å²) in [7, 11) is 1.35. The van der Waals surface area contributed by atoms with Crippen LogP contribution in [0.3, 0.4) is 0 Å². The Bertz CT molecular complexity index is 1510. The minimum Gasteiger partial charge on any atom is -0.488 e. The van der Waals surface area contributed by atoms with E-state index in [0.29, 0.717) is 39.4 Å². The Morgan fingerprint density at radius 1 is 1.26 bits per heavy atom. The second kappa shape index (κ2) is 11.2. The summed E-state index contributed by atoms with van der Waals surface area (Å²) in [4.78, 5) is 31.9. The van der Waals surface area contributed by atoms with Gasteiger partial charge in [0.25, 0.3) is 5.56 Å². The number of nitrogens with zero attached hydrogens (tertiary/aromatic N) is 2. The van der Waals surface area contributed by atoms with Crippen molar-refractivity contribution in [3.63, 3.8) is 0 Å². The first-order valence-electron chi connectivity index (χ1n) is 10.8. The molecule has 0 N–H and O–H groups in total. The van der Waals surface area contributed by atoms with Crippen LogP contribution < -0.4 is 19.6 Å². The monoisotopic (exact) mass is 712 g/mol. The van der Waals surface area contributed by atoms with E-state index in [4.69, 9.17) is 14.5 Å². The number of esters is 1. The lowest BCUT2D eigenvalue weighted by atomic mass is 9.95. The molecule has 1 aromatic heterocycles. The number of carbonyl (C=O) groups excluding carboxylic acids is 1. The van der Waals surface area contributed by atoms with Crippen molar-refractivity contribution in [3.8, 4) is 5.75 Å². The quantitative estimate of drug-likeness (QED) is 0.205. The highest BCUT2D eigenvalue weighted by atomic mass is 127. The Morgan fingerprint density at radius 2 is 2.00 bits per heavy atom. The van der Waals surface area contributed by atoms with Gasteiger partial charge in [0, 0.05) is 9.13 Å². The Hall–Kier alpha value is -2.25. The lowest BCUT2D eigenvalue weighted by molar-refractivity contribution is -0.136. The summed E-state index contributed by atoms with van der Waals surface area (Å²) in [6, 6.07) is 12.9. The number of rotatable bonds is 7. The summed E-state index contributed by atoms with van der Waals surface area (Å²) in [5, 5.41) is 0. The van der Waals surface area contributed by atoms with Crippen molar-refractivity contribution in [2.45, 2.75) is 19.4 Å². The Morgan fingerprint density at radius 3 is 2.66 bits per heavy atom. The topological polar surface area (TPSA) is 69.9 Å². The molecule has 2 aromatic carbocycles. The maximum Gasteiger partial charge on any atom is 0.338 e. The van der Waals surface area contributed by atoms with Crippen LogP contribution in [0.2, 0.25) is 0 Å². The molecule has 0 fully saturated rings. The van der Waals surface area contributed by atoms with Gasteiger partial charge in [0.15, 0.2) is 4.80 Å². The lowest BCUT2D eigenvalue weighted by Crippen LogP contribution is -2.40. The number of methoxy groups -OCH3 is 1. The first kappa shape index (κ1) is 25.8. The van der Waals surface area contributed by atoms with Gasteiger partial charge in [-0.2, -0.15) is 0 Å². The van der Waals surface area contributed by atoms with E-state index in [-0.39, 0.29) is 5.56 Å². The summed E-state index contributed by atoms with van der Waals surface area (Å²) in [6.07, 6.45) is 4.06. The summed E-state index contributed by atoms with van der Waals surface area (Å²) in [5.41, 5.74) is 2.41. The van der Waals surface area contributed by atoms with Crippen LogP contribution in [0.15, 0.2) is 76.2 Å². The molecule has 0 amide bonds. The normalized spacial score (nSPS) is 15.4. The van der Waals surface area contributed by atoms with E-state index in [1.54, 1.807) is 10.6 Å². The van der Waals surface area contributed by atoms with E-state index < -0.39 is 12.0 Å². The maximum absolute atomic E-state index is 13.8. The minimum atomic E-state index is -0.621. The standard InChI is InChI=1S/C26H22I2N2O4S/c1-4-11-34-23-16(12-17(27)14-18(23)28)13-20-24(31)30-22(15-9-7-6-8-10-15)21(25(32)33-3)19(5-2)29-26(30)35-20/h4,6-10,12-14,22H,1,5,11H2,2-3H3/b20-13+/t22-/m1/s1. The number of fused-ring (bicyclic) bond motifs is 1. The van der Waals surface area contributed by atoms with Gasteiger partial charge in [0.05, 0.1) is 32.5 Å². The predicted molar refractivity (Wildman–Crippen MR) is 154 cm³/mol. The van der Waals surface area contributed by atoms with Crippen LogP contribution in [0.5, 0.6) is 5.75 Å². The van der Waals surface area contributed by atoms with Gasteiger partial charge in [-0.1, -0.05) is 61.2 Å². The zero-order valence-corrected chi connectivity index (χ0v) is 24.2. The second-order valence-electron chi connectivity index (χ2n) is 7.60. The first-order valence-corrected chi connectivity index (χ1v) is 13.8. The molecule has 0 unspecified atom stereocenters. The van der Waals surface area contributed by atoms with Crippen molar-refractivity contribution in [1.29, 1.82) is 0 Å². The number of benzene rings is 2. The number of allylic oxidation sites excluding steroid dienone is 1. The fraction of sp³-hybridized carbons (Fsp3) is 0.192. The maximum atomic E-state index is 13.8. The van der Waals surface area contributed by atoms with Crippen LogP contribution in [0.25, 0.3) is 6.08 Å². The SMILES string of the molecule is C=CCOc1c(I)cc(I)cc1/C=c1/sc2n(c1=O)[C@H](c1ccccc1)C(C(=O)OC)=C(CC)N=2. The minimum absolute atomic E-state index is 0.220. The highest BCUT2D eigenvalue weighted by Crippen LogP contribution is 2.32. The molecule has 180 valence electrons. The van der Waals surface area contributed by atoms with E-state index in [1.165, 1.54) is 18.4 Å². The number of hydrogen-bond acceptors (Lipinski definition) is 6. The molecule has 0 spiro atoms. The number of ether oxygens (including phenoxy) is 2. The molecule has 0 saturated heterocycles. The van der Waals surface area contributed by atoms with Gasteiger partial charge in [-0.3, -0.25) is 9.36 Å². The molecule has 1 aliphatic rings. The number of thiazole rings is 1. The van der Waals surface area contributed by atoms with Crippen LogP contribution in [-0.4, -0.2) is 24.3 Å². The Labute approximate surface area is 234 Å². The van der Waals surface area contributed by atoms with Gasteiger partial charge in [-0.25, -0.2) is 9.79 Å². The zero-order valence-electron chi connectivity index (χ0n) is 19.1. The van der Waals surface area contributed by atoms with E-state index in [1.807, 2.05) is 55.5 Å². The van der Waals surface area contributed by atoms with Crippen molar-refractivity contribution in [1.82, 2.24) is 4.57 Å². The molecular weight excluding hydrogens is 690 g/mol. The number of halogens is 2. The Balaban J connectivity index is 1.99. The van der Waals surface area contributed by atoms with E-state index in [2.05, 4.69) is 51.8 Å². The summed E-state index contributed by atoms with van der Waals surface area (Å²) >= 11 is 5.78. The fourth-order valence-corrected chi connectivity index (χ4v) is 6.99. The molecule has 9 heteroatoms. The molecule has 0 radical (unpaired) electrons. The third-order valence-corrected chi connectivity index (χ3v) is 7.84. The van der Waals surface area contributed by atoms with Crippen molar-refractivity contribution in [3.05, 3.63) is 104 Å². The van der Waals surface area contributed by atoms with Crippen LogP contribution >= 0.6 is 56.5 Å². The molecule has 35 heavy (non-hydrogen) atoms. The molecule has 4 rings (SSSR count). The van der Waals surface area contributed by atoms with Crippen LogP contribution in [0.4, 0.5) is 0 Å². The van der Waals surface area contributed by atoms with E-state index in [0.717, 1.165) is 18.3 Å². The summed E-state index contributed by atoms with van der Waals surface area (Å²) < 4.78 is 15.1. The Kier molecular flexibility index (Phi) is 8.27. The van der Waals surface area contributed by atoms with E-state index in [9.17, 15) is 9.59 Å². The molecule has 1 atom stereocenters. The average Bonchev–Trinajstić information content (AvgIpc) is 3.16. The number of aromatic nitrogens is 1. The summed E-state index contributed by atoms with van der Waals surface area (Å²) in [6.45, 7) is 6.03. The molecular formula is C26H22I2N2O4S. The van der Waals surface area contributed by atoms with Gasteiger partial charge in [0.2, 0.25) is 0 Å². The fourth-order valence-electron chi connectivity index (χ4n) is 3.94. The first-order chi connectivity index (χ1) is 16.9. The van der Waals surface area contributed by atoms with Gasteiger partial charge >= 0.3 is 5.97 Å². The van der Waals surface area contributed by atoms with Gasteiger partial charge < -0.3 is 9.47 Å². The molecule has 6 nitrogen and oxygen atoms in total. The molecule has 2 heterocycles. The lowest BCUT2D eigenvalue weighted by Gasteiger charge is -2.25. The van der Waals surface area contributed by atoms with Crippen LogP contribution in [0, 0.1) is 7.14 Å². The van der Waals surface area contributed by atoms with Gasteiger partial charge in [-0.05, 0) is 75.4 Å². The number of carbonyl (C=O) groups is 1. The van der Waals surface area contributed by atoms with Crippen LogP contribution in [-0.2, 0) is 9.53 Å². The summed E-state index contributed by atoms with van der Waals surface area (Å²) in [5.74, 6) is 0.210. The van der Waals surface area contributed by atoms with E-state index >= 15 is 0 Å². The van der Waals surface area contributed by atoms with Crippen molar-refractivity contribution in [2.24, 2.45) is 4.99 Å². The van der Waals surface area contributed by atoms with Crippen molar-refractivity contribution < 1.29 is 14.3 Å². The second-order valence-corrected chi connectivity index (χ2v) is 11.0. The zero-order chi connectivity index (χ0) is 25.1. The molecule has 3 aromatic rings. The largest absolute Gasteiger partial charge is 0.488 e. The third-order valence-electron chi connectivity index (χ3n) is 5.43. The average molecular weight is 712 g/mol. The predicted octanol–water partition coefficient (Wildman–Crippen LogP) is 4.57. The molecule has 0 aliphatic carbocycles. The molecule has 0 saturated carbocycles. The third kappa shape index (κ3) is 5.17. The van der Waals surface area contributed by atoms with Crippen molar-refractivity contribution >= 4 is 68.6 Å². The highest BCUT2D eigenvalue weighted by molar-refractivity contribution is 14.1. The van der Waals surface area contributed by atoms with Crippen LogP contribution in [0.1, 0.15) is 30.5 Å². The highest BCUT2D eigenvalue weighted by Gasteiger charge is 2.33. The molecule has 0 bridgehead atoms. The van der Waals surface area contributed by atoms with Gasteiger partial charge in [0.1, 0.15) is 12.4 Å². The molecule has 1 aliphatic heterocycles. The van der Waals surface area contributed by atoms with Gasteiger partial charge in [-0.15, -0.1) is 0 Å². The van der Waals surface area contributed by atoms with Crippen molar-refractivity contribution in [2.75, 3.05) is 13.7 Å².